The lowest BCUT2D eigenvalue weighted by atomic mass is 9.83. The largest absolute Gasteiger partial charge is 0.451 e. The highest BCUT2D eigenvalue weighted by molar-refractivity contribution is 6.02. The molecule has 2 aliphatic rings. The molecule has 2 atom stereocenters. The zero-order chi connectivity index (χ0) is 32.1. The molecule has 4 N–H and O–H groups in total. The fourth-order valence-corrected chi connectivity index (χ4v) is 7.10. The first-order valence-electron chi connectivity index (χ1n) is 16.2. The fraction of sp³-hybridized carbons (Fsp3) is 0.459. The van der Waals surface area contributed by atoms with Gasteiger partial charge in [-0.25, -0.2) is 0 Å². The number of hydrogen-bond acceptors (Lipinski definition) is 6. The van der Waals surface area contributed by atoms with Crippen LogP contribution in [0, 0.1) is 5.41 Å². The van der Waals surface area contributed by atoms with Gasteiger partial charge in [0.1, 0.15) is 11.1 Å². The quantitative estimate of drug-likeness (QED) is 0.170. The normalized spacial score (nSPS) is 17.3. The van der Waals surface area contributed by atoms with E-state index in [0.717, 1.165) is 48.1 Å². The molecule has 8 nitrogen and oxygen atoms in total. The van der Waals surface area contributed by atoms with Crippen LogP contribution in [0.5, 0.6) is 11.5 Å². The van der Waals surface area contributed by atoms with Crippen molar-refractivity contribution in [3.8, 4) is 17.2 Å². The van der Waals surface area contributed by atoms with E-state index in [-0.39, 0.29) is 28.4 Å². The lowest BCUT2D eigenvalue weighted by molar-refractivity contribution is 0.0917. The summed E-state index contributed by atoms with van der Waals surface area (Å²) >= 11 is 0. The second kappa shape index (κ2) is 11.8. The van der Waals surface area contributed by atoms with E-state index < -0.39 is 5.54 Å². The van der Waals surface area contributed by atoms with Crippen LogP contribution in [0.4, 0.5) is 5.69 Å². The van der Waals surface area contributed by atoms with Crippen LogP contribution in [0.3, 0.4) is 0 Å². The average molecular weight is 610 g/mol. The minimum Gasteiger partial charge on any atom is -0.451 e. The molecule has 1 amide bonds. The van der Waals surface area contributed by atoms with Gasteiger partial charge in [0.25, 0.3) is 5.91 Å². The summed E-state index contributed by atoms with van der Waals surface area (Å²) in [5.74, 6) is 0.898. The number of aromatic nitrogens is 1. The number of carbonyl (C=O) groups excluding carboxylic acids is 1. The molecule has 0 aliphatic carbocycles. The van der Waals surface area contributed by atoms with Gasteiger partial charge in [-0.3, -0.25) is 9.59 Å². The number of pyridine rings is 1. The Labute approximate surface area is 265 Å². The van der Waals surface area contributed by atoms with Crippen LogP contribution in [-0.2, 0) is 0 Å². The lowest BCUT2D eigenvalue weighted by Crippen LogP contribution is -2.46. The molecule has 0 saturated carbocycles. The minimum absolute atomic E-state index is 0.0313. The van der Waals surface area contributed by atoms with Crippen LogP contribution in [0.15, 0.2) is 59.5 Å². The number of ether oxygens (including phenoxy) is 1. The Balaban J connectivity index is 1.43. The molecule has 8 heteroatoms. The molecule has 6 rings (SSSR count). The number of nitrogens with two attached hydrogens (primary N) is 1. The second-order valence-corrected chi connectivity index (χ2v) is 15.0. The second-order valence-electron chi connectivity index (χ2n) is 15.0. The molecular formula is C37H47N5O3. The van der Waals surface area contributed by atoms with Crippen LogP contribution >= 0.6 is 0 Å². The van der Waals surface area contributed by atoms with E-state index in [2.05, 4.69) is 61.6 Å². The van der Waals surface area contributed by atoms with Gasteiger partial charge in [0, 0.05) is 30.4 Å². The van der Waals surface area contributed by atoms with Crippen molar-refractivity contribution in [2.45, 2.75) is 84.3 Å². The molecule has 0 bridgehead atoms. The molecule has 1 aromatic heterocycles. The molecule has 45 heavy (non-hydrogen) atoms. The number of rotatable bonds is 9. The summed E-state index contributed by atoms with van der Waals surface area (Å²) in [6.45, 7) is 12.3. The van der Waals surface area contributed by atoms with Crippen LogP contribution in [0.2, 0.25) is 0 Å². The number of carbonyl (C=O) groups is 1. The van der Waals surface area contributed by atoms with Crippen molar-refractivity contribution in [3.05, 3.63) is 70.5 Å². The summed E-state index contributed by atoms with van der Waals surface area (Å²) in [4.78, 5) is 30.4. The third-order valence-electron chi connectivity index (χ3n) is 9.09. The van der Waals surface area contributed by atoms with E-state index in [1.165, 1.54) is 12.8 Å². The number of fused-ring (bicyclic) bond motifs is 3. The Morgan fingerprint density at radius 2 is 1.80 bits per heavy atom. The topological polar surface area (TPSA) is 102 Å². The SMILES string of the molecule is CN1CCCC1CCNc1ccc2c(=O)c(C(=O)NC(CC(C)(C)C)CC(C)(C)N)cn3c2c1Oc1cc2ccccc2cc1-3. The molecule has 2 aliphatic heterocycles. The highest BCUT2D eigenvalue weighted by Gasteiger charge is 2.30. The molecule has 238 valence electrons. The number of amides is 1. The van der Waals surface area contributed by atoms with Gasteiger partial charge in [-0.15, -0.1) is 0 Å². The van der Waals surface area contributed by atoms with Crippen molar-refractivity contribution in [3.63, 3.8) is 0 Å². The third kappa shape index (κ3) is 6.58. The molecule has 4 aromatic rings. The Bertz CT molecular complexity index is 1800. The Morgan fingerprint density at radius 1 is 1.07 bits per heavy atom. The van der Waals surface area contributed by atoms with Gasteiger partial charge in [0.15, 0.2) is 11.5 Å². The molecular weight excluding hydrogens is 562 g/mol. The molecule has 3 heterocycles. The molecule has 1 saturated heterocycles. The smallest absolute Gasteiger partial charge is 0.257 e. The Morgan fingerprint density at radius 3 is 2.47 bits per heavy atom. The summed E-state index contributed by atoms with van der Waals surface area (Å²) in [5, 5.41) is 9.33. The summed E-state index contributed by atoms with van der Waals surface area (Å²) in [5.41, 5.74) is 7.97. The highest BCUT2D eigenvalue weighted by atomic mass is 16.5. The number of nitrogens with zero attached hydrogens (tertiary/aromatic N) is 2. The first kappa shape index (κ1) is 31.1. The van der Waals surface area contributed by atoms with Gasteiger partial charge in [-0.1, -0.05) is 45.0 Å². The predicted octanol–water partition coefficient (Wildman–Crippen LogP) is 6.81. The average Bonchev–Trinajstić information content (AvgIpc) is 3.36. The van der Waals surface area contributed by atoms with E-state index >= 15 is 0 Å². The van der Waals surface area contributed by atoms with Crippen molar-refractivity contribution in [1.29, 1.82) is 0 Å². The van der Waals surface area contributed by atoms with Crippen molar-refractivity contribution in [1.82, 2.24) is 14.8 Å². The van der Waals surface area contributed by atoms with Gasteiger partial charge in [0.05, 0.1) is 16.8 Å². The number of hydrogen-bond donors (Lipinski definition) is 3. The van der Waals surface area contributed by atoms with Crippen molar-refractivity contribution < 1.29 is 9.53 Å². The summed E-state index contributed by atoms with van der Waals surface area (Å²) in [6.07, 6.45) is 6.49. The summed E-state index contributed by atoms with van der Waals surface area (Å²) in [7, 11) is 2.19. The van der Waals surface area contributed by atoms with E-state index in [4.69, 9.17) is 10.5 Å². The molecule has 1 fully saturated rings. The van der Waals surface area contributed by atoms with Gasteiger partial charge in [-0.2, -0.15) is 0 Å². The first-order valence-corrected chi connectivity index (χ1v) is 16.2. The van der Waals surface area contributed by atoms with Crippen LogP contribution in [-0.4, -0.2) is 53.1 Å². The maximum absolute atomic E-state index is 14.0. The maximum Gasteiger partial charge on any atom is 0.257 e. The molecule has 0 spiro atoms. The molecule has 2 unspecified atom stereocenters. The zero-order valence-corrected chi connectivity index (χ0v) is 27.5. The summed E-state index contributed by atoms with van der Waals surface area (Å²) < 4.78 is 8.58. The molecule has 0 radical (unpaired) electrons. The van der Waals surface area contributed by atoms with Gasteiger partial charge < -0.3 is 30.6 Å². The number of nitrogens with one attached hydrogen (secondary N) is 2. The van der Waals surface area contributed by atoms with E-state index in [0.29, 0.717) is 34.9 Å². The predicted molar refractivity (Wildman–Crippen MR) is 184 cm³/mol. The molecule has 3 aromatic carbocycles. The standard InChI is InChI=1S/C37H47N5O3/c1-36(2,3)20-25(21-37(4,5)38)40-35(44)28-22-42-30-18-23-10-7-8-11-24(23)19-31(30)45-34-29(14-13-27(32(34)42)33(28)43)39-16-15-26-12-9-17-41(26)6/h7-8,10-11,13-14,18-19,22,25-26,39H,9,12,15-17,20-21,38H2,1-6H3,(H,40,44). The van der Waals surface area contributed by atoms with E-state index in [9.17, 15) is 9.59 Å². The van der Waals surface area contributed by atoms with Gasteiger partial charge in [0.2, 0.25) is 5.43 Å². The summed E-state index contributed by atoms with van der Waals surface area (Å²) in [6, 6.07) is 16.3. The maximum atomic E-state index is 14.0. The van der Waals surface area contributed by atoms with Crippen LogP contribution in [0.1, 0.15) is 77.1 Å². The fourth-order valence-electron chi connectivity index (χ4n) is 7.10. The van der Waals surface area contributed by atoms with Gasteiger partial charge >= 0.3 is 0 Å². The Kier molecular flexibility index (Phi) is 8.16. The van der Waals surface area contributed by atoms with Crippen molar-refractivity contribution in [2.75, 3.05) is 25.5 Å². The third-order valence-corrected chi connectivity index (χ3v) is 9.09. The van der Waals surface area contributed by atoms with Crippen LogP contribution in [0.25, 0.3) is 27.4 Å². The number of likely N-dealkylation sites (tertiary alicyclic amines) is 1. The van der Waals surface area contributed by atoms with E-state index in [1.54, 1.807) is 6.20 Å². The Hall–Kier alpha value is -3.88. The van der Waals surface area contributed by atoms with Crippen molar-refractivity contribution in [2.24, 2.45) is 11.1 Å². The monoisotopic (exact) mass is 609 g/mol. The van der Waals surface area contributed by atoms with Crippen molar-refractivity contribution >= 4 is 33.3 Å². The first-order chi connectivity index (χ1) is 21.3. The van der Waals surface area contributed by atoms with Gasteiger partial charge in [-0.05, 0) is 100.0 Å². The number of anilines is 1. The highest BCUT2D eigenvalue weighted by Crippen LogP contribution is 2.45. The minimum atomic E-state index is -0.476. The van der Waals surface area contributed by atoms with Crippen LogP contribution < -0.4 is 26.5 Å². The number of benzene rings is 3. The lowest BCUT2D eigenvalue weighted by Gasteiger charge is -2.32. The van der Waals surface area contributed by atoms with E-state index in [1.807, 2.05) is 48.7 Å². The zero-order valence-electron chi connectivity index (χ0n) is 27.5.